The van der Waals surface area contributed by atoms with Crippen molar-refractivity contribution < 1.29 is 27.1 Å². The van der Waals surface area contributed by atoms with Crippen LogP contribution in [-0.4, -0.2) is 52.4 Å². The molecule has 0 spiro atoms. The number of carboxylic acid groups (broad SMARTS) is 1. The van der Waals surface area contributed by atoms with Gasteiger partial charge in [0.1, 0.15) is 0 Å². The Morgan fingerprint density at radius 3 is 2.76 bits per heavy atom. The van der Waals surface area contributed by atoms with Crippen LogP contribution in [-0.2, 0) is 21.4 Å². The summed E-state index contributed by atoms with van der Waals surface area (Å²) in [7, 11) is -4.23. The fraction of sp³-hybridized carbons (Fsp3) is 0.636. The minimum absolute atomic E-state index is 0.355. The van der Waals surface area contributed by atoms with Crippen molar-refractivity contribution in [3.05, 3.63) is 12.5 Å². The van der Waals surface area contributed by atoms with Gasteiger partial charge in [0.25, 0.3) is 15.9 Å². The Hall–Kier alpha value is -1.55. The lowest BCUT2D eigenvalue weighted by molar-refractivity contribution is -0.150. The molecule has 1 fully saturated rings. The second kappa shape index (κ2) is 5.34. The average Bonchev–Trinajstić information content (AvgIpc) is 2.86. The number of hydrogen-bond donors (Lipinski definition) is 1. The molecule has 2 heterocycles. The van der Waals surface area contributed by atoms with Crippen LogP contribution in [0.1, 0.15) is 13.3 Å². The Morgan fingerprint density at radius 1 is 1.57 bits per heavy atom. The first-order valence-electron chi connectivity index (χ1n) is 6.28. The van der Waals surface area contributed by atoms with Gasteiger partial charge >= 0.3 is 5.97 Å². The summed E-state index contributed by atoms with van der Waals surface area (Å²) in [5, 5.41) is 8.54. The maximum atomic E-state index is 13.6. The minimum Gasteiger partial charge on any atom is -0.481 e. The summed E-state index contributed by atoms with van der Waals surface area (Å²) in [5.41, 5.74) is 0. The summed E-state index contributed by atoms with van der Waals surface area (Å²) >= 11 is 0. The third-order valence-electron chi connectivity index (χ3n) is 3.30. The van der Waals surface area contributed by atoms with E-state index in [1.54, 1.807) is 6.92 Å². The van der Waals surface area contributed by atoms with Crippen molar-refractivity contribution in [1.82, 2.24) is 13.9 Å². The summed E-state index contributed by atoms with van der Waals surface area (Å²) in [4.78, 5) is 14.6. The van der Waals surface area contributed by atoms with E-state index < -0.39 is 47.3 Å². The van der Waals surface area contributed by atoms with Crippen LogP contribution in [0.15, 0.2) is 17.6 Å². The molecule has 0 amide bonds. The molecule has 1 aromatic heterocycles. The molecule has 1 atom stereocenters. The average molecular weight is 323 g/mol. The summed E-state index contributed by atoms with van der Waals surface area (Å²) in [5.74, 6) is -6.24. The van der Waals surface area contributed by atoms with Gasteiger partial charge in [-0.15, -0.1) is 0 Å². The first kappa shape index (κ1) is 15.8. The number of aryl methyl sites for hydroxylation is 1. The van der Waals surface area contributed by atoms with E-state index in [2.05, 4.69) is 4.98 Å². The predicted molar refractivity (Wildman–Crippen MR) is 67.3 cm³/mol. The Bertz CT molecular complexity index is 644. The van der Waals surface area contributed by atoms with Crippen molar-refractivity contribution in [3.8, 4) is 0 Å². The number of aromatic nitrogens is 2. The number of imidazole rings is 1. The van der Waals surface area contributed by atoms with E-state index in [0.29, 0.717) is 10.8 Å². The number of halogens is 2. The van der Waals surface area contributed by atoms with Crippen LogP contribution in [0.4, 0.5) is 8.78 Å². The molecule has 2 rings (SSSR count). The Morgan fingerprint density at radius 2 is 2.24 bits per heavy atom. The van der Waals surface area contributed by atoms with Gasteiger partial charge in [0, 0.05) is 25.7 Å². The highest BCUT2D eigenvalue weighted by molar-refractivity contribution is 7.89. The first-order chi connectivity index (χ1) is 9.65. The second-order valence-electron chi connectivity index (χ2n) is 4.94. The highest BCUT2D eigenvalue weighted by Crippen LogP contribution is 2.33. The van der Waals surface area contributed by atoms with Crippen molar-refractivity contribution in [2.75, 3.05) is 13.1 Å². The molecule has 21 heavy (non-hydrogen) atoms. The highest BCUT2D eigenvalue weighted by atomic mass is 32.2. The first-order valence-corrected chi connectivity index (χ1v) is 7.72. The van der Waals surface area contributed by atoms with Crippen molar-refractivity contribution in [2.24, 2.45) is 5.92 Å². The van der Waals surface area contributed by atoms with Crippen LogP contribution < -0.4 is 0 Å². The maximum Gasteiger partial charge on any atom is 0.308 e. The molecule has 0 aliphatic carbocycles. The number of alkyl halides is 2. The van der Waals surface area contributed by atoms with Gasteiger partial charge < -0.3 is 9.67 Å². The molecule has 1 saturated heterocycles. The zero-order valence-corrected chi connectivity index (χ0v) is 12.1. The van der Waals surface area contributed by atoms with Gasteiger partial charge in [-0.2, -0.15) is 4.31 Å². The topological polar surface area (TPSA) is 92.5 Å². The third kappa shape index (κ3) is 3.21. The summed E-state index contributed by atoms with van der Waals surface area (Å²) < 4.78 is 53.8. The van der Waals surface area contributed by atoms with Crippen molar-refractivity contribution in [2.45, 2.75) is 30.8 Å². The molecule has 1 unspecified atom stereocenters. The molecule has 1 aromatic rings. The molecule has 10 heteroatoms. The number of piperidine rings is 1. The number of aliphatic carboxylic acids is 1. The molecule has 1 N–H and O–H groups in total. The van der Waals surface area contributed by atoms with E-state index in [1.807, 2.05) is 0 Å². The molecule has 0 radical (unpaired) electrons. The molecule has 1 aliphatic heterocycles. The van der Waals surface area contributed by atoms with Crippen LogP contribution in [0.2, 0.25) is 0 Å². The molecule has 0 saturated carbocycles. The zero-order valence-electron chi connectivity index (χ0n) is 11.2. The summed E-state index contributed by atoms with van der Waals surface area (Å²) in [6, 6.07) is 0. The number of rotatable bonds is 4. The van der Waals surface area contributed by atoms with Crippen LogP contribution in [0.25, 0.3) is 0 Å². The highest BCUT2D eigenvalue weighted by Gasteiger charge is 2.47. The Labute approximate surface area is 120 Å². The van der Waals surface area contributed by atoms with Crippen LogP contribution in [0, 0.1) is 5.92 Å². The lowest BCUT2D eigenvalue weighted by Crippen LogP contribution is -2.51. The van der Waals surface area contributed by atoms with Crippen molar-refractivity contribution in [1.29, 1.82) is 0 Å². The smallest absolute Gasteiger partial charge is 0.308 e. The second-order valence-corrected chi connectivity index (χ2v) is 6.82. The van der Waals surface area contributed by atoms with Gasteiger partial charge in [0.05, 0.1) is 18.8 Å². The van der Waals surface area contributed by atoms with Gasteiger partial charge in [-0.3, -0.25) is 4.79 Å². The fourth-order valence-electron chi connectivity index (χ4n) is 2.18. The SMILES string of the molecule is CCn1cnc(S(=O)(=O)N2CC(C(=O)O)CC(F)(F)C2)c1. The quantitative estimate of drug-likeness (QED) is 0.877. The number of hydrogen-bond acceptors (Lipinski definition) is 4. The lowest BCUT2D eigenvalue weighted by Gasteiger charge is -2.34. The molecule has 1 aliphatic rings. The number of carboxylic acids is 1. The number of nitrogens with zero attached hydrogens (tertiary/aromatic N) is 3. The van der Waals surface area contributed by atoms with Crippen LogP contribution in [0.3, 0.4) is 0 Å². The molecule has 118 valence electrons. The number of sulfonamides is 1. The van der Waals surface area contributed by atoms with Gasteiger partial charge in [0.2, 0.25) is 0 Å². The van der Waals surface area contributed by atoms with Crippen LogP contribution in [0.5, 0.6) is 0 Å². The third-order valence-corrected chi connectivity index (χ3v) is 5.00. The Balaban J connectivity index is 2.32. The fourth-order valence-corrected chi connectivity index (χ4v) is 3.63. The van der Waals surface area contributed by atoms with Crippen molar-refractivity contribution in [3.63, 3.8) is 0 Å². The molecule has 0 aromatic carbocycles. The van der Waals surface area contributed by atoms with Gasteiger partial charge in [-0.1, -0.05) is 0 Å². The Kier molecular flexibility index (Phi) is 4.02. The molecular weight excluding hydrogens is 308 g/mol. The van der Waals surface area contributed by atoms with Gasteiger partial charge in [-0.05, 0) is 6.92 Å². The monoisotopic (exact) mass is 323 g/mol. The number of carbonyl (C=O) groups is 1. The van der Waals surface area contributed by atoms with Crippen LogP contribution >= 0.6 is 0 Å². The van der Waals surface area contributed by atoms with E-state index in [0.717, 1.165) is 0 Å². The standard InChI is InChI=1S/C11H15F2N3O4S/c1-2-15-5-9(14-7-15)21(19,20)16-4-8(10(17)18)3-11(12,13)6-16/h5,7-8H,2-4,6H2,1H3,(H,17,18). The molecule has 0 bridgehead atoms. The minimum atomic E-state index is -4.23. The van der Waals surface area contributed by atoms with Crippen molar-refractivity contribution >= 4 is 16.0 Å². The largest absolute Gasteiger partial charge is 0.481 e. The van der Waals surface area contributed by atoms with E-state index in [1.165, 1.54) is 17.1 Å². The van der Waals surface area contributed by atoms with E-state index in [-0.39, 0.29) is 5.03 Å². The van der Waals surface area contributed by atoms with E-state index in [4.69, 9.17) is 5.11 Å². The van der Waals surface area contributed by atoms with E-state index >= 15 is 0 Å². The maximum absolute atomic E-state index is 13.6. The molecular formula is C11H15F2N3O4S. The summed E-state index contributed by atoms with van der Waals surface area (Å²) in [6.45, 7) is 0.744. The van der Waals surface area contributed by atoms with Gasteiger partial charge in [-0.25, -0.2) is 22.2 Å². The molecule has 7 nitrogen and oxygen atoms in total. The predicted octanol–water partition coefficient (Wildman–Crippen LogP) is 0.633. The zero-order chi connectivity index (χ0) is 15.8. The lowest BCUT2D eigenvalue weighted by atomic mass is 9.97. The summed E-state index contributed by atoms with van der Waals surface area (Å²) in [6.07, 6.45) is 1.65. The normalized spacial score (nSPS) is 23.1. The van der Waals surface area contributed by atoms with E-state index in [9.17, 15) is 22.0 Å². The van der Waals surface area contributed by atoms with Gasteiger partial charge in [0.15, 0.2) is 5.03 Å².